The molecule has 0 unspecified atom stereocenters. The van der Waals surface area contributed by atoms with Gasteiger partial charge in [-0.3, -0.25) is 4.79 Å². The molecular formula is C17H12BrIN4O. The van der Waals surface area contributed by atoms with Gasteiger partial charge in [0.2, 0.25) is 5.91 Å². The van der Waals surface area contributed by atoms with Gasteiger partial charge in [0.25, 0.3) is 0 Å². The Kier molecular flexibility index (Phi) is 5.10. The van der Waals surface area contributed by atoms with Crippen molar-refractivity contribution in [1.82, 2.24) is 9.97 Å². The van der Waals surface area contributed by atoms with Gasteiger partial charge in [0.15, 0.2) is 0 Å². The van der Waals surface area contributed by atoms with E-state index in [1.807, 2.05) is 30.3 Å². The number of benzene rings is 2. The van der Waals surface area contributed by atoms with Crippen molar-refractivity contribution in [2.24, 2.45) is 0 Å². The summed E-state index contributed by atoms with van der Waals surface area (Å²) in [5.74, 6) is 0.410. The number of halogens is 2. The van der Waals surface area contributed by atoms with Gasteiger partial charge in [0.1, 0.15) is 12.1 Å². The van der Waals surface area contributed by atoms with Gasteiger partial charge in [-0.25, -0.2) is 9.97 Å². The van der Waals surface area contributed by atoms with Gasteiger partial charge in [-0.1, -0.05) is 12.6 Å². The molecule has 5 nitrogen and oxygen atoms in total. The highest BCUT2D eigenvalue weighted by molar-refractivity contribution is 14.1. The third-order valence-corrected chi connectivity index (χ3v) is 5.86. The number of hydrogen-bond acceptors (Lipinski definition) is 4. The Morgan fingerprint density at radius 3 is 2.88 bits per heavy atom. The van der Waals surface area contributed by atoms with Crippen LogP contribution < -0.4 is 10.6 Å². The summed E-state index contributed by atoms with van der Waals surface area (Å²) < 4.78 is 2.06. The molecule has 2 N–H and O–H groups in total. The number of fused-ring (bicyclic) bond motifs is 1. The first-order valence-electron chi connectivity index (χ1n) is 6.97. The highest BCUT2D eigenvalue weighted by atomic mass is 127. The second-order valence-electron chi connectivity index (χ2n) is 4.87. The first-order valence-corrected chi connectivity index (χ1v) is 8.85. The van der Waals surface area contributed by atoms with E-state index in [0.717, 1.165) is 24.6 Å². The molecule has 0 saturated carbocycles. The van der Waals surface area contributed by atoms with E-state index in [1.54, 1.807) is 6.07 Å². The molecule has 0 saturated heterocycles. The van der Waals surface area contributed by atoms with Crippen molar-refractivity contribution in [3.05, 3.63) is 63.4 Å². The summed E-state index contributed by atoms with van der Waals surface area (Å²) in [6.07, 6.45) is 2.74. The second-order valence-corrected chi connectivity index (χ2v) is 6.81. The van der Waals surface area contributed by atoms with Gasteiger partial charge in [-0.05, 0) is 74.9 Å². The predicted octanol–water partition coefficient (Wildman–Crippen LogP) is 4.87. The maximum atomic E-state index is 11.5. The molecule has 0 atom stereocenters. The average Bonchev–Trinajstić information content (AvgIpc) is 2.59. The van der Waals surface area contributed by atoms with E-state index in [-0.39, 0.29) is 5.91 Å². The lowest BCUT2D eigenvalue weighted by Crippen LogP contribution is -2.07. The number of amides is 1. The number of nitrogens with one attached hydrogen (secondary N) is 2. The number of hydrogen-bond donors (Lipinski definition) is 2. The molecule has 3 aromatic rings. The first-order chi connectivity index (χ1) is 11.6. The maximum absolute atomic E-state index is 11.5. The summed E-state index contributed by atoms with van der Waals surface area (Å²) in [5.41, 5.74) is 2.38. The standard InChI is InChI=1S/C17H12BrIN4O/c1-2-15(24)22-10-6-7-13-11(8-10)17(21-9-20-13)23-14-5-3-4-12(18)16(14)19/h2-9H,1H2,(H,22,24)(H,20,21,23). The van der Waals surface area contributed by atoms with Crippen LogP contribution >= 0.6 is 38.5 Å². The summed E-state index contributed by atoms with van der Waals surface area (Å²) >= 11 is 5.78. The fraction of sp³-hybridized carbons (Fsp3) is 0. The van der Waals surface area contributed by atoms with Crippen LogP contribution in [0.2, 0.25) is 0 Å². The third-order valence-electron chi connectivity index (χ3n) is 3.29. The van der Waals surface area contributed by atoms with Crippen molar-refractivity contribution in [3.8, 4) is 0 Å². The van der Waals surface area contributed by atoms with Crippen LogP contribution in [0.15, 0.2) is 59.9 Å². The lowest BCUT2D eigenvalue weighted by molar-refractivity contribution is -0.111. The van der Waals surface area contributed by atoms with E-state index in [4.69, 9.17) is 0 Å². The molecular weight excluding hydrogens is 483 g/mol. The summed E-state index contributed by atoms with van der Waals surface area (Å²) in [6.45, 7) is 3.46. The number of carbonyl (C=O) groups excluding carboxylic acids is 1. The van der Waals surface area contributed by atoms with Crippen molar-refractivity contribution < 1.29 is 4.79 Å². The molecule has 120 valence electrons. The molecule has 1 amide bonds. The topological polar surface area (TPSA) is 66.9 Å². The Balaban J connectivity index is 2.03. The third kappa shape index (κ3) is 3.57. The molecule has 0 aliphatic carbocycles. The molecule has 7 heteroatoms. The van der Waals surface area contributed by atoms with Gasteiger partial charge in [-0.15, -0.1) is 0 Å². The van der Waals surface area contributed by atoms with E-state index in [0.29, 0.717) is 11.5 Å². The van der Waals surface area contributed by atoms with Gasteiger partial charge in [0, 0.05) is 15.5 Å². The monoisotopic (exact) mass is 494 g/mol. The van der Waals surface area contributed by atoms with Crippen LogP contribution in [0.3, 0.4) is 0 Å². The van der Waals surface area contributed by atoms with Crippen molar-refractivity contribution in [3.63, 3.8) is 0 Å². The Bertz CT molecular complexity index is 945. The quantitative estimate of drug-likeness (QED) is 0.401. The van der Waals surface area contributed by atoms with Crippen LogP contribution in [0.5, 0.6) is 0 Å². The van der Waals surface area contributed by atoms with Gasteiger partial charge in [0.05, 0.1) is 14.8 Å². The Labute approximate surface area is 160 Å². The Morgan fingerprint density at radius 1 is 1.25 bits per heavy atom. The molecule has 2 aromatic carbocycles. The predicted molar refractivity (Wildman–Crippen MR) is 109 cm³/mol. The van der Waals surface area contributed by atoms with Crippen LogP contribution in [-0.4, -0.2) is 15.9 Å². The molecule has 24 heavy (non-hydrogen) atoms. The number of anilines is 3. The molecule has 0 aliphatic heterocycles. The number of carbonyl (C=O) groups is 1. The fourth-order valence-electron chi connectivity index (χ4n) is 2.16. The van der Waals surface area contributed by atoms with Crippen LogP contribution in [-0.2, 0) is 4.79 Å². The van der Waals surface area contributed by atoms with Crippen LogP contribution in [0.4, 0.5) is 17.2 Å². The fourth-order valence-corrected chi connectivity index (χ4v) is 3.02. The molecule has 0 radical (unpaired) electrons. The summed E-state index contributed by atoms with van der Waals surface area (Å²) in [7, 11) is 0. The summed E-state index contributed by atoms with van der Waals surface area (Å²) in [5, 5.41) is 6.89. The molecule has 1 aromatic heterocycles. The van der Waals surface area contributed by atoms with Crippen LogP contribution in [0.1, 0.15) is 0 Å². The normalized spacial score (nSPS) is 10.4. The highest BCUT2D eigenvalue weighted by Crippen LogP contribution is 2.31. The SMILES string of the molecule is C=CC(=O)Nc1ccc2ncnc(Nc3cccc(Br)c3I)c2c1. The first kappa shape index (κ1) is 16.8. The summed E-state index contributed by atoms with van der Waals surface area (Å²) in [4.78, 5) is 20.1. The van der Waals surface area contributed by atoms with Crippen LogP contribution in [0, 0.1) is 3.57 Å². The van der Waals surface area contributed by atoms with E-state index in [1.165, 1.54) is 12.4 Å². The van der Waals surface area contributed by atoms with Crippen molar-refractivity contribution in [2.75, 3.05) is 10.6 Å². The molecule has 3 rings (SSSR count). The minimum atomic E-state index is -0.262. The molecule has 0 fully saturated rings. The minimum Gasteiger partial charge on any atom is -0.339 e. The Morgan fingerprint density at radius 2 is 2.08 bits per heavy atom. The van der Waals surface area contributed by atoms with Crippen molar-refractivity contribution in [2.45, 2.75) is 0 Å². The molecule has 0 bridgehead atoms. The van der Waals surface area contributed by atoms with E-state index in [9.17, 15) is 4.79 Å². The van der Waals surface area contributed by atoms with E-state index < -0.39 is 0 Å². The summed E-state index contributed by atoms with van der Waals surface area (Å²) in [6, 6.07) is 11.4. The van der Waals surface area contributed by atoms with E-state index >= 15 is 0 Å². The van der Waals surface area contributed by atoms with Gasteiger partial charge < -0.3 is 10.6 Å². The highest BCUT2D eigenvalue weighted by Gasteiger charge is 2.09. The zero-order valence-corrected chi connectivity index (χ0v) is 16.1. The lowest BCUT2D eigenvalue weighted by atomic mass is 10.2. The van der Waals surface area contributed by atoms with Gasteiger partial charge >= 0.3 is 0 Å². The molecule has 0 aliphatic rings. The number of nitrogens with zero attached hydrogens (tertiary/aromatic N) is 2. The van der Waals surface area contributed by atoms with Crippen molar-refractivity contribution in [1.29, 1.82) is 0 Å². The van der Waals surface area contributed by atoms with Crippen LogP contribution in [0.25, 0.3) is 10.9 Å². The lowest BCUT2D eigenvalue weighted by Gasteiger charge is -2.12. The second kappa shape index (κ2) is 7.27. The average molecular weight is 495 g/mol. The minimum absolute atomic E-state index is 0.262. The zero-order chi connectivity index (χ0) is 17.1. The van der Waals surface area contributed by atoms with Gasteiger partial charge in [-0.2, -0.15) is 0 Å². The smallest absolute Gasteiger partial charge is 0.247 e. The zero-order valence-electron chi connectivity index (χ0n) is 12.4. The largest absolute Gasteiger partial charge is 0.339 e. The molecule has 1 heterocycles. The number of aromatic nitrogens is 2. The maximum Gasteiger partial charge on any atom is 0.247 e. The van der Waals surface area contributed by atoms with E-state index in [2.05, 4.69) is 65.7 Å². The van der Waals surface area contributed by atoms with Crippen molar-refractivity contribution >= 4 is 72.5 Å². The Hall–Kier alpha value is -2.00. The molecule has 0 spiro atoms. The number of rotatable bonds is 4.